The summed E-state index contributed by atoms with van der Waals surface area (Å²) in [6.45, 7) is 2.95. The first-order valence-electron chi connectivity index (χ1n) is 5.82. The van der Waals surface area contributed by atoms with Crippen LogP contribution >= 0.6 is 0 Å². The Morgan fingerprint density at radius 1 is 1.00 bits per heavy atom. The molecule has 0 N–H and O–H groups in total. The molecule has 0 fully saturated rings. The monoisotopic (exact) mass is 255 g/mol. The van der Waals surface area contributed by atoms with E-state index in [1.807, 2.05) is 0 Å². The smallest absolute Gasteiger partial charge is 0.178 e. The van der Waals surface area contributed by atoms with Crippen LogP contribution in [0.2, 0.25) is 0 Å². The topological polar surface area (TPSA) is 56.3 Å². The van der Waals surface area contributed by atoms with Gasteiger partial charge in [0.1, 0.15) is 17.2 Å². The summed E-state index contributed by atoms with van der Waals surface area (Å²) < 4.78 is 5.62. The van der Waals surface area contributed by atoms with Gasteiger partial charge in [-0.3, -0.25) is 14.6 Å². The van der Waals surface area contributed by atoms with Crippen LogP contribution in [0.4, 0.5) is 0 Å². The summed E-state index contributed by atoms with van der Waals surface area (Å²) in [5.74, 6) is 0.918. The van der Waals surface area contributed by atoms with Crippen molar-refractivity contribution in [2.75, 3.05) is 0 Å². The van der Waals surface area contributed by atoms with Crippen LogP contribution < -0.4 is 4.74 Å². The first kappa shape index (κ1) is 13.0. The van der Waals surface area contributed by atoms with E-state index in [9.17, 15) is 9.59 Å². The summed E-state index contributed by atoms with van der Waals surface area (Å²) in [5.41, 5.74) is 0.929. The van der Waals surface area contributed by atoms with Crippen molar-refractivity contribution >= 4 is 11.6 Å². The van der Waals surface area contributed by atoms with Gasteiger partial charge in [-0.05, 0) is 25.1 Å². The molecule has 0 bridgehead atoms. The summed E-state index contributed by atoms with van der Waals surface area (Å²) in [6, 6.07) is 10.1. The molecule has 2 rings (SSSR count). The second-order valence-corrected chi connectivity index (χ2v) is 4.12. The highest BCUT2D eigenvalue weighted by Crippen LogP contribution is 2.22. The van der Waals surface area contributed by atoms with Gasteiger partial charge in [-0.15, -0.1) is 0 Å². The number of aromatic nitrogens is 1. The highest BCUT2D eigenvalue weighted by atomic mass is 16.5. The molecule has 1 heterocycles. The Kier molecular flexibility index (Phi) is 3.71. The van der Waals surface area contributed by atoms with Crippen LogP contribution in [0.5, 0.6) is 11.5 Å². The second-order valence-electron chi connectivity index (χ2n) is 4.12. The Morgan fingerprint density at radius 2 is 1.74 bits per heavy atom. The van der Waals surface area contributed by atoms with Gasteiger partial charge in [-0.2, -0.15) is 0 Å². The van der Waals surface area contributed by atoms with Gasteiger partial charge >= 0.3 is 0 Å². The van der Waals surface area contributed by atoms with E-state index in [0.29, 0.717) is 22.8 Å². The molecule has 0 aliphatic heterocycles. The molecule has 96 valence electrons. The van der Waals surface area contributed by atoms with E-state index in [1.54, 1.807) is 36.4 Å². The average Bonchev–Trinajstić information content (AvgIpc) is 2.39. The van der Waals surface area contributed by atoms with Crippen molar-refractivity contribution < 1.29 is 14.3 Å². The van der Waals surface area contributed by atoms with E-state index in [4.69, 9.17) is 4.74 Å². The predicted octanol–water partition coefficient (Wildman–Crippen LogP) is 3.28. The average molecular weight is 255 g/mol. The maximum absolute atomic E-state index is 11.3. The molecule has 2 aromatic rings. The van der Waals surface area contributed by atoms with E-state index in [0.717, 1.165) is 0 Å². The number of carbonyl (C=O) groups excluding carboxylic acids is 2. The van der Waals surface area contributed by atoms with E-state index in [1.165, 1.54) is 20.0 Å². The fourth-order valence-corrected chi connectivity index (χ4v) is 1.58. The second kappa shape index (κ2) is 5.44. The molecule has 0 aliphatic rings. The maximum Gasteiger partial charge on any atom is 0.178 e. The van der Waals surface area contributed by atoms with Gasteiger partial charge in [0, 0.05) is 24.8 Å². The number of hydrogen-bond donors (Lipinski definition) is 0. The predicted molar refractivity (Wildman–Crippen MR) is 70.8 cm³/mol. The van der Waals surface area contributed by atoms with Crippen molar-refractivity contribution in [2.24, 2.45) is 0 Å². The molecule has 0 saturated carbocycles. The summed E-state index contributed by atoms with van der Waals surface area (Å²) in [5, 5.41) is 0. The molecule has 1 aromatic heterocycles. The zero-order valence-electron chi connectivity index (χ0n) is 10.7. The number of rotatable bonds is 4. The summed E-state index contributed by atoms with van der Waals surface area (Å²) >= 11 is 0. The van der Waals surface area contributed by atoms with Gasteiger partial charge in [-0.1, -0.05) is 12.1 Å². The molecular weight excluding hydrogens is 242 g/mol. The number of ether oxygens (including phenoxy) is 1. The van der Waals surface area contributed by atoms with Gasteiger partial charge in [0.2, 0.25) is 0 Å². The number of hydrogen-bond acceptors (Lipinski definition) is 4. The zero-order valence-corrected chi connectivity index (χ0v) is 10.7. The minimum absolute atomic E-state index is 0.0235. The highest BCUT2D eigenvalue weighted by molar-refractivity contribution is 5.94. The zero-order chi connectivity index (χ0) is 13.8. The Bertz CT molecular complexity index is 579. The van der Waals surface area contributed by atoms with Crippen molar-refractivity contribution in [1.29, 1.82) is 0 Å². The minimum atomic E-state index is -0.122. The van der Waals surface area contributed by atoms with E-state index >= 15 is 0 Å². The van der Waals surface area contributed by atoms with Crippen LogP contribution in [0.25, 0.3) is 0 Å². The number of ketones is 2. The molecule has 1 aromatic carbocycles. The van der Waals surface area contributed by atoms with Crippen molar-refractivity contribution in [3.8, 4) is 11.5 Å². The summed E-state index contributed by atoms with van der Waals surface area (Å²) in [4.78, 5) is 26.5. The fourth-order valence-electron chi connectivity index (χ4n) is 1.58. The molecule has 0 aliphatic carbocycles. The van der Waals surface area contributed by atoms with E-state index in [-0.39, 0.29) is 11.6 Å². The lowest BCUT2D eigenvalue weighted by Crippen LogP contribution is -1.97. The summed E-state index contributed by atoms with van der Waals surface area (Å²) in [6.07, 6.45) is 1.51. The fraction of sp³-hybridized carbons (Fsp3) is 0.133. The molecule has 0 radical (unpaired) electrons. The van der Waals surface area contributed by atoms with Gasteiger partial charge < -0.3 is 4.74 Å². The molecule has 0 atom stereocenters. The molecule has 0 unspecified atom stereocenters. The lowest BCUT2D eigenvalue weighted by Gasteiger charge is -2.07. The van der Waals surface area contributed by atoms with Crippen LogP contribution in [0, 0.1) is 0 Å². The maximum atomic E-state index is 11.3. The number of Topliss-reactive ketones (excluding diaryl/α,β-unsaturated/α-hetero) is 2. The number of carbonyl (C=O) groups is 2. The third-order valence-electron chi connectivity index (χ3n) is 2.57. The largest absolute Gasteiger partial charge is 0.457 e. The standard InChI is InChI=1S/C15H13NO3/c1-10(17)12-4-3-5-13(8-12)19-14-6-7-16-15(9-14)11(2)18/h3-9H,1-2H3. The molecule has 19 heavy (non-hydrogen) atoms. The number of pyridine rings is 1. The van der Waals surface area contributed by atoms with E-state index < -0.39 is 0 Å². The third-order valence-corrected chi connectivity index (χ3v) is 2.57. The molecule has 0 saturated heterocycles. The van der Waals surface area contributed by atoms with E-state index in [2.05, 4.69) is 4.98 Å². The Labute approximate surface area is 111 Å². The molecule has 0 amide bonds. The molecule has 4 nitrogen and oxygen atoms in total. The lowest BCUT2D eigenvalue weighted by atomic mass is 10.1. The van der Waals surface area contributed by atoms with Gasteiger partial charge in [0.05, 0.1) is 0 Å². The van der Waals surface area contributed by atoms with Gasteiger partial charge in [0.15, 0.2) is 11.6 Å². The van der Waals surface area contributed by atoms with Crippen molar-refractivity contribution in [3.05, 3.63) is 53.9 Å². The van der Waals surface area contributed by atoms with Gasteiger partial charge in [-0.25, -0.2) is 0 Å². The van der Waals surface area contributed by atoms with Crippen LogP contribution in [-0.2, 0) is 0 Å². The van der Waals surface area contributed by atoms with Crippen molar-refractivity contribution in [2.45, 2.75) is 13.8 Å². The molecule has 4 heteroatoms. The van der Waals surface area contributed by atoms with Crippen LogP contribution in [0.1, 0.15) is 34.7 Å². The highest BCUT2D eigenvalue weighted by Gasteiger charge is 2.05. The number of benzene rings is 1. The molecule has 0 spiro atoms. The SMILES string of the molecule is CC(=O)c1cccc(Oc2ccnc(C(C)=O)c2)c1. The quantitative estimate of drug-likeness (QED) is 0.787. The Hall–Kier alpha value is -2.49. The minimum Gasteiger partial charge on any atom is -0.457 e. The lowest BCUT2D eigenvalue weighted by molar-refractivity contribution is 0.100. The van der Waals surface area contributed by atoms with Gasteiger partial charge in [0.25, 0.3) is 0 Å². The van der Waals surface area contributed by atoms with Crippen LogP contribution in [0.3, 0.4) is 0 Å². The normalized spacial score (nSPS) is 10.0. The first-order valence-corrected chi connectivity index (χ1v) is 5.82. The van der Waals surface area contributed by atoms with Crippen LogP contribution in [0.15, 0.2) is 42.6 Å². The number of nitrogens with zero attached hydrogens (tertiary/aromatic N) is 1. The first-order chi connectivity index (χ1) is 9.06. The van der Waals surface area contributed by atoms with Crippen molar-refractivity contribution in [1.82, 2.24) is 4.98 Å². The van der Waals surface area contributed by atoms with Crippen molar-refractivity contribution in [3.63, 3.8) is 0 Å². The molecular formula is C15H13NO3. The summed E-state index contributed by atoms with van der Waals surface area (Å²) in [7, 11) is 0. The van der Waals surface area contributed by atoms with Crippen LogP contribution in [-0.4, -0.2) is 16.6 Å². The Morgan fingerprint density at radius 3 is 2.42 bits per heavy atom. The Balaban J connectivity index is 2.26. The third kappa shape index (κ3) is 3.25.